The van der Waals surface area contributed by atoms with E-state index in [0.717, 1.165) is 26.0 Å². The lowest BCUT2D eigenvalue weighted by molar-refractivity contribution is 0.0765. The van der Waals surface area contributed by atoms with Gasteiger partial charge in [-0.15, -0.1) is 0 Å². The molecule has 3 N–H and O–H groups in total. The molecule has 1 aromatic rings. The second-order valence-corrected chi connectivity index (χ2v) is 4.63. The Hall–Kier alpha value is -1.49. The smallest absolute Gasteiger partial charge is 0.167 e. The van der Waals surface area contributed by atoms with Crippen molar-refractivity contribution in [1.29, 1.82) is 0 Å². The van der Waals surface area contributed by atoms with Gasteiger partial charge in [0, 0.05) is 25.3 Å². The largest absolute Gasteiger partial charge is 0.494 e. The van der Waals surface area contributed by atoms with Crippen LogP contribution in [-0.2, 0) is 4.74 Å². The summed E-state index contributed by atoms with van der Waals surface area (Å²) in [7, 11) is 1.43. The summed E-state index contributed by atoms with van der Waals surface area (Å²) in [5, 5.41) is 3.18. The molecule has 0 bridgehead atoms. The van der Waals surface area contributed by atoms with Crippen molar-refractivity contribution in [2.45, 2.75) is 32.8 Å². The Bertz CT molecular complexity index is 397. The Morgan fingerprint density at radius 3 is 2.68 bits per heavy atom. The number of unbranched alkanes of at least 4 members (excludes halogenated alkanes) is 1. The highest BCUT2D eigenvalue weighted by Gasteiger charge is 2.07. The zero-order valence-corrected chi connectivity index (χ0v) is 11.8. The van der Waals surface area contributed by atoms with E-state index in [1.165, 1.54) is 13.2 Å². The molecule has 19 heavy (non-hydrogen) atoms. The molecule has 0 aliphatic rings. The molecular weight excluding hydrogens is 247 g/mol. The number of benzene rings is 1. The van der Waals surface area contributed by atoms with Gasteiger partial charge < -0.3 is 20.5 Å². The Balaban J connectivity index is 2.37. The average Bonchev–Trinajstić information content (AvgIpc) is 2.35. The van der Waals surface area contributed by atoms with Gasteiger partial charge in [0.1, 0.15) is 0 Å². The maximum atomic E-state index is 13.3. The monoisotopic (exact) mass is 270 g/mol. The molecule has 0 amide bonds. The maximum Gasteiger partial charge on any atom is 0.167 e. The number of hydrogen-bond donors (Lipinski definition) is 2. The molecule has 0 spiro atoms. The summed E-state index contributed by atoms with van der Waals surface area (Å²) < 4.78 is 23.7. The van der Waals surface area contributed by atoms with E-state index in [0.29, 0.717) is 11.4 Å². The van der Waals surface area contributed by atoms with E-state index in [9.17, 15) is 4.39 Å². The second-order valence-electron chi connectivity index (χ2n) is 4.63. The first kappa shape index (κ1) is 15.6. The van der Waals surface area contributed by atoms with Crippen LogP contribution in [0.15, 0.2) is 12.1 Å². The topological polar surface area (TPSA) is 56.5 Å². The van der Waals surface area contributed by atoms with E-state index in [-0.39, 0.29) is 11.9 Å². The molecule has 0 heterocycles. The van der Waals surface area contributed by atoms with Crippen LogP contribution in [0.1, 0.15) is 26.7 Å². The number of halogens is 1. The Morgan fingerprint density at radius 1 is 1.32 bits per heavy atom. The number of nitrogens with two attached hydrogens (primary N) is 1. The second kappa shape index (κ2) is 7.84. The average molecular weight is 270 g/mol. The van der Waals surface area contributed by atoms with Gasteiger partial charge in [-0.1, -0.05) is 0 Å². The van der Waals surface area contributed by atoms with Crippen LogP contribution in [0.4, 0.5) is 15.8 Å². The molecule has 108 valence electrons. The van der Waals surface area contributed by atoms with Gasteiger partial charge in [0.25, 0.3) is 0 Å². The van der Waals surface area contributed by atoms with Gasteiger partial charge in [-0.25, -0.2) is 4.39 Å². The molecule has 0 aliphatic carbocycles. The Morgan fingerprint density at radius 2 is 2.05 bits per heavy atom. The lowest BCUT2D eigenvalue weighted by atomic mass is 10.2. The normalized spacial score (nSPS) is 10.8. The minimum absolute atomic E-state index is 0.194. The molecule has 5 heteroatoms. The number of methoxy groups -OCH3 is 1. The molecule has 0 atom stereocenters. The van der Waals surface area contributed by atoms with Crippen molar-refractivity contribution >= 4 is 11.4 Å². The number of ether oxygens (including phenoxy) is 2. The van der Waals surface area contributed by atoms with Crippen LogP contribution in [0, 0.1) is 5.82 Å². The van der Waals surface area contributed by atoms with Gasteiger partial charge in [0.15, 0.2) is 11.6 Å². The molecule has 4 nitrogen and oxygen atoms in total. The van der Waals surface area contributed by atoms with Crippen LogP contribution in [-0.4, -0.2) is 26.4 Å². The van der Waals surface area contributed by atoms with Crippen LogP contribution in [0.5, 0.6) is 5.75 Å². The molecule has 0 radical (unpaired) electrons. The molecule has 1 aromatic carbocycles. The highest BCUT2D eigenvalue weighted by Crippen LogP contribution is 2.27. The third-order valence-electron chi connectivity index (χ3n) is 2.66. The summed E-state index contributed by atoms with van der Waals surface area (Å²) in [5.74, 6) is -0.254. The first-order valence-corrected chi connectivity index (χ1v) is 6.53. The van der Waals surface area contributed by atoms with Crippen LogP contribution in [0.2, 0.25) is 0 Å². The van der Waals surface area contributed by atoms with E-state index in [2.05, 4.69) is 5.32 Å². The number of nitrogen functional groups attached to an aromatic ring is 1. The zero-order valence-electron chi connectivity index (χ0n) is 11.8. The molecular formula is C14H23FN2O2. The van der Waals surface area contributed by atoms with Crippen LogP contribution < -0.4 is 15.8 Å². The number of nitrogens with one attached hydrogen (secondary N) is 1. The number of anilines is 2. The van der Waals surface area contributed by atoms with E-state index >= 15 is 0 Å². The Kier molecular flexibility index (Phi) is 6.42. The van der Waals surface area contributed by atoms with Crippen molar-refractivity contribution < 1.29 is 13.9 Å². The minimum Gasteiger partial charge on any atom is -0.494 e. The minimum atomic E-state index is -0.448. The fraction of sp³-hybridized carbons (Fsp3) is 0.571. The van der Waals surface area contributed by atoms with Crippen molar-refractivity contribution in [3.8, 4) is 5.75 Å². The molecule has 0 aromatic heterocycles. The molecule has 0 saturated heterocycles. The van der Waals surface area contributed by atoms with Gasteiger partial charge >= 0.3 is 0 Å². The molecule has 0 unspecified atom stereocenters. The summed E-state index contributed by atoms with van der Waals surface area (Å²) in [6.45, 7) is 5.55. The standard InChI is InChI=1S/C14H23FN2O2/c1-10(2)19-7-5-4-6-17-13-9-14(18-3)11(15)8-12(13)16/h8-10,17H,4-7,16H2,1-3H3. The van der Waals surface area contributed by atoms with Gasteiger partial charge in [0.2, 0.25) is 0 Å². The summed E-state index contributed by atoms with van der Waals surface area (Å²) >= 11 is 0. The van der Waals surface area contributed by atoms with E-state index < -0.39 is 5.82 Å². The van der Waals surface area contributed by atoms with Crippen molar-refractivity contribution in [1.82, 2.24) is 0 Å². The first-order valence-electron chi connectivity index (χ1n) is 6.53. The summed E-state index contributed by atoms with van der Waals surface area (Å²) in [6.07, 6.45) is 2.21. The lowest BCUT2D eigenvalue weighted by Crippen LogP contribution is -2.08. The van der Waals surface area contributed by atoms with Gasteiger partial charge in [-0.2, -0.15) is 0 Å². The summed E-state index contributed by atoms with van der Waals surface area (Å²) in [6, 6.07) is 2.85. The Labute approximate surface area is 114 Å². The highest BCUT2D eigenvalue weighted by atomic mass is 19.1. The zero-order chi connectivity index (χ0) is 14.3. The number of rotatable bonds is 8. The van der Waals surface area contributed by atoms with Crippen LogP contribution >= 0.6 is 0 Å². The van der Waals surface area contributed by atoms with Gasteiger partial charge in [0.05, 0.1) is 24.6 Å². The van der Waals surface area contributed by atoms with E-state index in [4.69, 9.17) is 15.2 Å². The third-order valence-corrected chi connectivity index (χ3v) is 2.66. The SMILES string of the molecule is COc1cc(NCCCCOC(C)C)c(N)cc1F. The highest BCUT2D eigenvalue weighted by molar-refractivity contribution is 5.68. The van der Waals surface area contributed by atoms with E-state index in [1.807, 2.05) is 13.8 Å². The van der Waals surface area contributed by atoms with Crippen LogP contribution in [0.25, 0.3) is 0 Å². The van der Waals surface area contributed by atoms with Gasteiger partial charge in [-0.3, -0.25) is 0 Å². The molecule has 1 rings (SSSR count). The molecule has 0 fully saturated rings. The fourth-order valence-corrected chi connectivity index (χ4v) is 1.65. The number of hydrogen-bond acceptors (Lipinski definition) is 4. The lowest BCUT2D eigenvalue weighted by Gasteiger charge is -2.12. The van der Waals surface area contributed by atoms with Crippen molar-refractivity contribution in [2.75, 3.05) is 31.3 Å². The quantitative estimate of drug-likeness (QED) is 0.563. The predicted octanol–water partition coefficient (Wildman–Crippen LogP) is 3.03. The van der Waals surface area contributed by atoms with Gasteiger partial charge in [-0.05, 0) is 26.7 Å². The predicted molar refractivity (Wildman–Crippen MR) is 76.2 cm³/mol. The molecule has 0 aliphatic heterocycles. The first-order chi connectivity index (χ1) is 9.04. The summed E-state index contributed by atoms with van der Waals surface area (Å²) in [5.41, 5.74) is 6.83. The summed E-state index contributed by atoms with van der Waals surface area (Å²) in [4.78, 5) is 0. The van der Waals surface area contributed by atoms with E-state index in [1.54, 1.807) is 6.07 Å². The van der Waals surface area contributed by atoms with Crippen molar-refractivity contribution in [3.05, 3.63) is 17.9 Å². The third kappa shape index (κ3) is 5.34. The maximum absolute atomic E-state index is 13.3. The van der Waals surface area contributed by atoms with Crippen molar-refractivity contribution in [2.24, 2.45) is 0 Å². The van der Waals surface area contributed by atoms with Crippen molar-refractivity contribution in [3.63, 3.8) is 0 Å². The molecule has 0 saturated carbocycles. The fourth-order valence-electron chi connectivity index (χ4n) is 1.65. The van der Waals surface area contributed by atoms with Crippen LogP contribution in [0.3, 0.4) is 0 Å².